The van der Waals surface area contributed by atoms with Crippen LogP contribution in [0.2, 0.25) is 0 Å². The van der Waals surface area contributed by atoms with Gasteiger partial charge in [-0.05, 0) is 30.3 Å². The van der Waals surface area contributed by atoms with Crippen molar-refractivity contribution < 1.29 is 35.5 Å². The number of benzene rings is 2. The predicted octanol–water partition coefficient (Wildman–Crippen LogP) is 5.55. The van der Waals surface area contributed by atoms with E-state index in [0.717, 1.165) is 12.1 Å². The maximum atomic E-state index is 12.6. The van der Waals surface area contributed by atoms with E-state index in [-0.39, 0.29) is 24.7 Å². The largest absolute Gasteiger partial charge is 0.573 e. The number of ether oxygens (including phenoxy) is 1. The molecule has 0 saturated carbocycles. The van der Waals surface area contributed by atoms with Crippen molar-refractivity contribution in [2.45, 2.75) is 25.6 Å². The Labute approximate surface area is 161 Å². The molecule has 0 fully saturated rings. The summed E-state index contributed by atoms with van der Waals surface area (Å²) in [4.78, 5) is 4.16. The molecule has 0 unspecified atom stereocenters. The van der Waals surface area contributed by atoms with E-state index in [2.05, 4.69) is 15.0 Å². The summed E-state index contributed by atoms with van der Waals surface area (Å²) in [5, 5.41) is 2.92. The topological polar surface area (TPSA) is 47.3 Å². The van der Waals surface area contributed by atoms with Gasteiger partial charge in [0.05, 0.1) is 11.3 Å². The minimum Gasteiger partial charge on any atom is -0.444 e. The second kappa shape index (κ2) is 8.16. The van der Waals surface area contributed by atoms with Gasteiger partial charge < -0.3 is 14.5 Å². The third-order valence-corrected chi connectivity index (χ3v) is 3.83. The van der Waals surface area contributed by atoms with Gasteiger partial charge in [-0.1, -0.05) is 18.2 Å². The Bertz CT molecular complexity index is 948. The van der Waals surface area contributed by atoms with Crippen LogP contribution in [0.25, 0.3) is 11.5 Å². The maximum Gasteiger partial charge on any atom is 0.573 e. The Morgan fingerprint density at radius 1 is 0.897 bits per heavy atom. The molecule has 0 bridgehead atoms. The fourth-order valence-corrected chi connectivity index (χ4v) is 2.52. The predicted molar refractivity (Wildman–Crippen MR) is 90.6 cm³/mol. The van der Waals surface area contributed by atoms with Crippen molar-refractivity contribution in [3.05, 3.63) is 71.6 Å². The zero-order valence-electron chi connectivity index (χ0n) is 14.6. The first-order chi connectivity index (χ1) is 13.6. The first-order valence-corrected chi connectivity index (χ1v) is 8.28. The Morgan fingerprint density at radius 2 is 1.59 bits per heavy atom. The quantitative estimate of drug-likeness (QED) is 0.536. The molecule has 1 heterocycles. The Hall–Kier alpha value is -3.01. The van der Waals surface area contributed by atoms with Crippen molar-refractivity contribution in [3.8, 4) is 17.2 Å². The van der Waals surface area contributed by atoms with Crippen LogP contribution in [0, 0.1) is 0 Å². The van der Waals surface area contributed by atoms with Crippen LogP contribution in [0.15, 0.2) is 59.2 Å². The standard InChI is InChI=1S/C19H14F6N2O2/c20-18(21,22)14-7-5-12(6-8-14)17-27-15(11-28-17)10-26-9-13-3-1-2-4-16(13)29-19(23,24)25/h1-8,11,26H,9-10H2. The van der Waals surface area contributed by atoms with Crippen LogP contribution in [-0.4, -0.2) is 11.3 Å². The molecule has 1 aromatic heterocycles. The number of halogens is 6. The highest BCUT2D eigenvalue weighted by Crippen LogP contribution is 2.31. The van der Waals surface area contributed by atoms with Gasteiger partial charge in [-0.3, -0.25) is 0 Å². The third-order valence-electron chi connectivity index (χ3n) is 3.83. The minimum absolute atomic E-state index is 0.0781. The van der Waals surface area contributed by atoms with Crippen molar-refractivity contribution in [1.82, 2.24) is 10.3 Å². The molecule has 0 saturated heterocycles. The highest BCUT2D eigenvalue weighted by atomic mass is 19.4. The molecule has 29 heavy (non-hydrogen) atoms. The van der Waals surface area contributed by atoms with Gasteiger partial charge in [-0.25, -0.2) is 4.98 Å². The summed E-state index contributed by atoms with van der Waals surface area (Å²) < 4.78 is 84.4. The van der Waals surface area contributed by atoms with Crippen LogP contribution in [0.3, 0.4) is 0 Å². The summed E-state index contributed by atoms with van der Waals surface area (Å²) >= 11 is 0. The molecule has 0 amide bonds. The highest BCUT2D eigenvalue weighted by Gasteiger charge is 2.32. The molecule has 4 nitrogen and oxygen atoms in total. The number of nitrogens with zero attached hydrogens (tertiary/aromatic N) is 1. The zero-order chi connectivity index (χ0) is 21.1. The van der Waals surface area contributed by atoms with E-state index in [1.165, 1.54) is 36.6 Å². The van der Waals surface area contributed by atoms with Crippen LogP contribution in [0.1, 0.15) is 16.8 Å². The number of nitrogens with one attached hydrogen (secondary N) is 1. The van der Waals surface area contributed by atoms with E-state index >= 15 is 0 Å². The number of hydrogen-bond donors (Lipinski definition) is 1. The second-order valence-electron chi connectivity index (χ2n) is 5.98. The van der Waals surface area contributed by atoms with Gasteiger partial charge in [0, 0.05) is 24.2 Å². The number of rotatable bonds is 6. The monoisotopic (exact) mass is 416 g/mol. The summed E-state index contributed by atoms with van der Waals surface area (Å²) in [7, 11) is 0. The highest BCUT2D eigenvalue weighted by molar-refractivity contribution is 5.54. The fourth-order valence-electron chi connectivity index (χ4n) is 2.52. The van der Waals surface area contributed by atoms with E-state index in [0.29, 0.717) is 16.8 Å². The van der Waals surface area contributed by atoms with Crippen LogP contribution in [-0.2, 0) is 19.3 Å². The molecule has 154 valence electrons. The minimum atomic E-state index is -4.79. The van der Waals surface area contributed by atoms with Crippen LogP contribution < -0.4 is 10.1 Å². The lowest BCUT2D eigenvalue weighted by Gasteiger charge is -2.13. The Balaban J connectivity index is 1.61. The molecule has 0 spiro atoms. The average Bonchev–Trinajstić information content (AvgIpc) is 3.10. The van der Waals surface area contributed by atoms with Gasteiger partial charge in [0.2, 0.25) is 5.89 Å². The molecule has 0 aliphatic carbocycles. The van der Waals surface area contributed by atoms with Crippen molar-refractivity contribution in [1.29, 1.82) is 0 Å². The average molecular weight is 416 g/mol. The number of para-hydroxylation sites is 1. The smallest absolute Gasteiger partial charge is 0.444 e. The fraction of sp³-hybridized carbons (Fsp3) is 0.211. The van der Waals surface area contributed by atoms with Gasteiger partial charge in [0.25, 0.3) is 0 Å². The van der Waals surface area contributed by atoms with E-state index in [4.69, 9.17) is 4.42 Å². The van der Waals surface area contributed by atoms with Crippen LogP contribution in [0.4, 0.5) is 26.3 Å². The SMILES string of the molecule is FC(F)(F)Oc1ccccc1CNCc1coc(-c2ccc(C(F)(F)F)cc2)n1. The van der Waals surface area contributed by atoms with E-state index in [1.54, 1.807) is 6.07 Å². The second-order valence-corrected chi connectivity index (χ2v) is 5.98. The zero-order valence-corrected chi connectivity index (χ0v) is 14.6. The normalized spacial score (nSPS) is 12.2. The Morgan fingerprint density at radius 3 is 2.24 bits per heavy atom. The summed E-state index contributed by atoms with van der Waals surface area (Å²) in [6, 6.07) is 10.1. The summed E-state index contributed by atoms with van der Waals surface area (Å²) in [6.45, 7) is 0.249. The molecular weight excluding hydrogens is 402 g/mol. The summed E-state index contributed by atoms with van der Waals surface area (Å²) in [5.41, 5.74) is 0.327. The van der Waals surface area contributed by atoms with Crippen molar-refractivity contribution in [2.75, 3.05) is 0 Å². The lowest BCUT2D eigenvalue weighted by molar-refractivity contribution is -0.274. The van der Waals surface area contributed by atoms with Crippen LogP contribution in [0.5, 0.6) is 5.75 Å². The number of hydrogen-bond acceptors (Lipinski definition) is 4. The van der Waals surface area contributed by atoms with E-state index in [9.17, 15) is 26.3 Å². The first kappa shape index (κ1) is 20.7. The van der Waals surface area contributed by atoms with E-state index < -0.39 is 18.1 Å². The third kappa shape index (κ3) is 5.74. The molecular formula is C19H14F6N2O2. The van der Waals surface area contributed by atoms with Crippen LogP contribution >= 0.6 is 0 Å². The van der Waals surface area contributed by atoms with Crippen molar-refractivity contribution >= 4 is 0 Å². The number of alkyl halides is 6. The van der Waals surface area contributed by atoms with Gasteiger partial charge in [0.15, 0.2) is 0 Å². The molecule has 10 heteroatoms. The lowest BCUT2D eigenvalue weighted by Crippen LogP contribution is -2.20. The maximum absolute atomic E-state index is 12.6. The van der Waals surface area contributed by atoms with Crippen molar-refractivity contribution in [2.24, 2.45) is 0 Å². The van der Waals surface area contributed by atoms with Crippen molar-refractivity contribution in [3.63, 3.8) is 0 Å². The molecule has 0 aliphatic rings. The molecule has 2 aromatic carbocycles. The first-order valence-electron chi connectivity index (χ1n) is 8.28. The summed E-state index contributed by atoms with van der Waals surface area (Å²) in [6.07, 6.45) is -7.91. The van der Waals surface area contributed by atoms with Gasteiger partial charge in [-0.15, -0.1) is 13.2 Å². The number of oxazole rings is 1. The molecule has 0 atom stereocenters. The van der Waals surface area contributed by atoms with Gasteiger partial charge >= 0.3 is 12.5 Å². The van der Waals surface area contributed by atoms with E-state index in [1.807, 2.05) is 0 Å². The Kier molecular flexibility index (Phi) is 5.83. The van der Waals surface area contributed by atoms with Gasteiger partial charge in [0.1, 0.15) is 12.0 Å². The molecule has 0 aliphatic heterocycles. The summed E-state index contributed by atoms with van der Waals surface area (Å²) in [5.74, 6) is -0.172. The molecule has 3 rings (SSSR count). The number of aromatic nitrogens is 1. The lowest BCUT2D eigenvalue weighted by atomic mass is 10.1. The molecule has 0 radical (unpaired) electrons. The van der Waals surface area contributed by atoms with Gasteiger partial charge in [-0.2, -0.15) is 13.2 Å². The molecule has 1 N–H and O–H groups in total. The molecule has 3 aromatic rings.